The van der Waals surface area contributed by atoms with Gasteiger partial charge in [0.1, 0.15) is 5.76 Å². The van der Waals surface area contributed by atoms with E-state index in [1.54, 1.807) is 30.3 Å². The number of benzene rings is 2. The first-order chi connectivity index (χ1) is 14.8. The lowest BCUT2D eigenvalue weighted by Gasteiger charge is -2.09. The lowest BCUT2D eigenvalue weighted by molar-refractivity contribution is 0.373. The predicted molar refractivity (Wildman–Crippen MR) is 121 cm³/mol. The summed E-state index contributed by atoms with van der Waals surface area (Å²) < 4.78 is 11.3. The largest absolute Gasteiger partial charge is 0.504 e. The molecule has 0 atom stereocenters. The highest BCUT2D eigenvalue weighted by molar-refractivity contribution is 6.38. The van der Waals surface area contributed by atoms with E-state index in [0.29, 0.717) is 49.4 Å². The van der Waals surface area contributed by atoms with E-state index < -0.39 is 0 Å². The molecule has 4 aromatic rings. The van der Waals surface area contributed by atoms with Gasteiger partial charge in [0.2, 0.25) is 5.95 Å². The molecule has 2 heterocycles. The number of methoxy groups -OCH3 is 1. The predicted octanol–water partition coefficient (Wildman–Crippen LogP) is 5.46. The minimum atomic E-state index is 0.0235. The molecular formula is C22H18Cl2N4O3. The van der Waals surface area contributed by atoms with Crippen molar-refractivity contribution >= 4 is 40.1 Å². The van der Waals surface area contributed by atoms with Crippen molar-refractivity contribution in [3.05, 3.63) is 69.3 Å². The van der Waals surface area contributed by atoms with Crippen LogP contribution in [0.3, 0.4) is 0 Å². The molecule has 0 saturated heterocycles. The van der Waals surface area contributed by atoms with Gasteiger partial charge in [-0.15, -0.1) is 0 Å². The highest BCUT2D eigenvalue weighted by atomic mass is 35.5. The molecule has 158 valence electrons. The average molecular weight is 457 g/mol. The molecule has 2 aromatic heterocycles. The Hall–Kier alpha value is -3.29. The fourth-order valence-electron chi connectivity index (χ4n) is 3.15. The maximum absolute atomic E-state index is 9.90. The topological polar surface area (TPSA) is 92.8 Å². The first kappa shape index (κ1) is 21.0. The summed E-state index contributed by atoms with van der Waals surface area (Å²) in [6, 6.07) is 11.8. The maximum Gasteiger partial charge on any atom is 0.243 e. The third-order valence-corrected chi connectivity index (χ3v) is 4.99. The van der Waals surface area contributed by atoms with Gasteiger partial charge in [-0.25, -0.2) is 15.4 Å². The lowest BCUT2D eigenvalue weighted by Crippen LogP contribution is -2.09. The van der Waals surface area contributed by atoms with Crippen LogP contribution < -0.4 is 15.5 Å². The monoisotopic (exact) mass is 456 g/mol. The van der Waals surface area contributed by atoms with Gasteiger partial charge in [0.15, 0.2) is 17.1 Å². The molecular weight excluding hydrogens is 439 g/mol. The number of anilines is 1. The molecule has 0 amide bonds. The Labute approximate surface area is 187 Å². The zero-order valence-electron chi connectivity index (χ0n) is 16.9. The van der Waals surface area contributed by atoms with Crippen LogP contribution >= 0.6 is 23.2 Å². The Bertz CT molecular complexity index is 1350. The fourth-order valence-corrected chi connectivity index (χ4v) is 3.68. The van der Waals surface area contributed by atoms with E-state index >= 15 is 0 Å². The summed E-state index contributed by atoms with van der Waals surface area (Å²) in [4.78, 5) is 8.68. The van der Waals surface area contributed by atoms with Gasteiger partial charge in [-0.05, 0) is 50.2 Å². The number of phenolic OH excluding ortho intramolecular Hbond substituents is 1. The summed E-state index contributed by atoms with van der Waals surface area (Å²) in [6.45, 7) is 3.76. The molecule has 0 aliphatic rings. The SMILES string of the molecule is COc1cc(-c2cc(=NNc3nc(C)cc(C)n3)c3cc(Cl)cc(Cl)c3o2)ccc1O. The van der Waals surface area contributed by atoms with Crippen LogP contribution in [-0.2, 0) is 0 Å². The zero-order valence-corrected chi connectivity index (χ0v) is 18.4. The number of phenols is 1. The Morgan fingerprint density at radius 1 is 1.03 bits per heavy atom. The van der Waals surface area contributed by atoms with Crippen molar-refractivity contribution < 1.29 is 14.3 Å². The van der Waals surface area contributed by atoms with Crippen LogP contribution in [0.15, 0.2) is 52.0 Å². The van der Waals surface area contributed by atoms with Crippen molar-refractivity contribution in [1.82, 2.24) is 9.97 Å². The second kappa shape index (κ2) is 8.45. The normalized spacial score (nSPS) is 11.7. The van der Waals surface area contributed by atoms with E-state index in [1.165, 1.54) is 13.2 Å². The number of fused-ring (bicyclic) bond motifs is 1. The van der Waals surface area contributed by atoms with Gasteiger partial charge < -0.3 is 14.3 Å². The van der Waals surface area contributed by atoms with Gasteiger partial charge >= 0.3 is 0 Å². The average Bonchev–Trinajstić information content (AvgIpc) is 2.72. The zero-order chi connectivity index (χ0) is 22.1. The molecule has 7 nitrogen and oxygen atoms in total. The van der Waals surface area contributed by atoms with Crippen molar-refractivity contribution in [1.29, 1.82) is 0 Å². The third kappa shape index (κ3) is 4.42. The maximum atomic E-state index is 9.90. The van der Waals surface area contributed by atoms with Crippen LogP contribution in [0.4, 0.5) is 5.95 Å². The van der Waals surface area contributed by atoms with Gasteiger partial charge in [0.25, 0.3) is 0 Å². The number of hydrogen-bond acceptors (Lipinski definition) is 7. The Kier molecular flexibility index (Phi) is 5.71. The van der Waals surface area contributed by atoms with E-state index in [1.807, 2.05) is 19.9 Å². The second-order valence-electron chi connectivity index (χ2n) is 6.84. The summed E-state index contributed by atoms with van der Waals surface area (Å²) in [5.41, 5.74) is 5.62. The molecule has 2 N–H and O–H groups in total. The summed E-state index contributed by atoms with van der Waals surface area (Å²) in [5.74, 6) is 1.18. The van der Waals surface area contributed by atoms with Crippen molar-refractivity contribution in [2.45, 2.75) is 13.8 Å². The lowest BCUT2D eigenvalue weighted by atomic mass is 10.1. The Morgan fingerprint density at radius 2 is 1.77 bits per heavy atom. The molecule has 0 saturated carbocycles. The van der Waals surface area contributed by atoms with E-state index in [4.69, 9.17) is 32.4 Å². The molecule has 0 aliphatic carbocycles. The molecule has 0 radical (unpaired) electrons. The summed E-state index contributed by atoms with van der Waals surface area (Å²) in [5, 5.41) is 16.3. The van der Waals surface area contributed by atoms with Gasteiger partial charge in [0, 0.05) is 33.4 Å². The molecule has 4 rings (SSSR count). The molecule has 0 spiro atoms. The van der Waals surface area contributed by atoms with Crippen LogP contribution in [0.2, 0.25) is 10.0 Å². The van der Waals surface area contributed by atoms with Crippen LogP contribution in [0.1, 0.15) is 11.4 Å². The number of nitrogens with one attached hydrogen (secondary N) is 1. The van der Waals surface area contributed by atoms with E-state index in [9.17, 15) is 5.11 Å². The van der Waals surface area contributed by atoms with Crippen LogP contribution in [0, 0.1) is 13.8 Å². The standard InChI is InChI=1S/C22H18Cl2N4O3/c1-11-6-12(2)26-22(25-11)28-27-17-10-19(13-4-5-18(29)20(7-13)30-3)31-21-15(17)8-14(23)9-16(21)24/h4-10,29H,1-3H3,(H,25,26,28). The summed E-state index contributed by atoms with van der Waals surface area (Å²) >= 11 is 12.6. The highest BCUT2D eigenvalue weighted by Crippen LogP contribution is 2.34. The van der Waals surface area contributed by atoms with Crippen molar-refractivity contribution in [2.75, 3.05) is 12.5 Å². The molecule has 0 unspecified atom stereocenters. The molecule has 0 bridgehead atoms. The summed E-state index contributed by atoms with van der Waals surface area (Å²) in [7, 11) is 1.48. The fraction of sp³-hybridized carbons (Fsp3) is 0.136. The van der Waals surface area contributed by atoms with Gasteiger partial charge in [-0.1, -0.05) is 23.2 Å². The van der Waals surface area contributed by atoms with Crippen LogP contribution in [0.25, 0.3) is 22.3 Å². The highest BCUT2D eigenvalue weighted by Gasteiger charge is 2.13. The molecule has 31 heavy (non-hydrogen) atoms. The number of aryl methyl sites for hydroxylation is 2. The minimum absolute atomic E-state index is 0.0235. The van der Waals surface area contributed by atoms with Gasteiger partial charge in [-0.3, -0.25) is 0 Å². The quantitative estimate of drug-likeness (QED) is 0.396. The van der Waals surface area contributed by atoms with Crippen molar-refractivity contribution in [2.24, 2.45) is 5.10 Å². The van der Waals surface area contributed by atoms with Crippen LogP contribution in [0.5, 0.6) is 11.5 Å². The number of aromatic nitrogens is 2. The molecule has 0 fully saturated rings. The number of rotatable bonds is 4. The van der Waals surface area contributed by atoms with E-state index in [2.05, 4.69) is 20.5 Å². The van der Waals surface area contributed by atoms with Gasteiger partial charge in [-0.2, -0.15) is 5.10 Å². The summed E-state index contributed by atoms with van der Waals surface area (Å²) in [6.07, 6.45) is 0. The van der Waals surface area contributed by atoms with Gasteiger partial charge in [0.05, 0.1) is 17.5 Å². The first-order valence-corrected chi connectivity index (χ1v) is 10.0. The minimum Gasteiger partial charge on any atom is -0.504 e. The second-order valence-corrected chi connectivity index (χ2v) is 7.69. The Morgan fingerprint density at radius 3 is 2.48 bits per heavy atom. The molecule has 2 aromatic carbocycles. The number of halogens is 2. The van der Waals surface area contributed by atoms with E-state index in [-0.39, 0.29) is 5.75 Å². The van der Waals surface area contributed by atoms with Crippen LogP contribution in [-0.4, -0.2) is 22.2 Å². The first-order valence-electron chi connectivity index (χ1n) is 9.26. The Balaban J connectivity index is 1.92. The smallest absolute Gasteiger partial charge is 0.243 e. The number of ether oxygens (including phenoxy) is 1. The van der Waals surface area contributed by atoms with E-state index in [0.717, 1.165) is 11.4 Å². The number of aromatic hydroxyl groups is 1. The molecule has 9 heteroatoms. The van der Waals surface area contributed by atoms with Crippen molar-refractivity contribution in [3.8, 4) is 22.8 Å². The van der Waals surface area contributed by atoms with Crippen molar-refractivity contribution in [3.63, 3.8) is 0 Å². The molecule has 0 aliphatic heterocycles. The number of hydrogen-bond donors (Lipinski definition) is 2. The number of nitrogens with zero attached hydrogens (tertiary/aromatic N) is 3. The third-order valence-electron chi connectivity index (χ3n) is 4.49.